The molecule has 0 aromatic rings. The zero-order chi connectivity index (χ0) is 12.4. The van der Waals surface area contributed by atoms with Crippen molar-refractivity contribution in [2.24, 2.45) is 5.73 Å². The summed E-state index contributed by atoms with van der Waals surface area (Å²) in [4.78, 5) is 22.4. The van der Waals surface area contributed by atoms with E-state index in [1.807, 2.05) is 13.8 Å². The van der Waals surface area contributed by atoms with Crippen LogP contribution in [-0.4, -0.2) is 30.9 Å². The minimum atomic E-state index is -0.0785. The summed E-state index contributed by atoms with van der Waals surface area (Å²) in [6.45, 7) is 4.89. The lowest BCUT2D eigenvalue weighted by Gasteiger charge is -2.10. The van der Waals surface area contributed by atoms with Gasteiger partial charge in [0.15, 0.2) is 0 Å². The van der Waals surface area contributed by atoms with Gasteiger partial charge in [-0.2, -0.15) is 0 Å². The highest BCUT2D eigenvalue weighted by Gasteiger charge is 2.08. The van der Waals surface area contributed by atoms with Gasteiger partial charge in [0.2, 0.25) is 11.8 Å². The normalized spacial score (nSPS) is 11.9. The van der Waals surface area contributed by atoms with Gasteiger partial charge in [-0.3, -0.25) is 9.59 Å². The van der Waals surface area contributed by atoms with Crippen LogP contribution in [0.15, 0.2) is 0 Å². The summed E-state index contributed by atoms with van der Waals surface area (Å²) in [6, 6.07) is -0.0746. The summed E-state index contributed by atoms with van der Waals surface area (Å²) in [5.74, 6) is -0.120. The van der Waals surface area contributed by atoms with E-state index in [1.54, 1.807) is 0 Å². The van der Waals surface area contributed by atoms with Crippen LogP contribution in [0.3, 0.4) is 0 Å². The highest BCUT2D eigenvalue weighted by Crippen LogP contribution is 1.97. The van der Waals surface area contributed by atoms with Crippen molar-refractivity contribution in [3.63, 3.8) is 0 Å². The van der Waals surface area contributed by atoms with Gasteiger partial charge in [0.1, 0.15) is 0 Å². The number of rotatable bonds is 8. The van der Waals surface area contributed by atoms with Crippen molar-refractivity contribution in [3.05, 3.63) is 0 Å². The number of amides is 2. The molecule has 0 rings (SSSR count). The van der Waals surface area contributed by atoms with Crippen LogP contribution >= 0.6 is 0 Å². The van der Waals surface area contributed by atoms with E-state index in [0.29, 0.717) is 25.9 Å². The molecule has 0 bridgehead atoms. The Balaban J connectivity index is 3.54. The molecular weight excluding hydrogens is 206 g/mol. The zero-order valence-electron chi connectivity index (χ0n) is 10.2. The summed E-state index contributed by atoms with van der Waals surface area (Å²) >= 11 is 0. The maximum absolute atomic E-state index is 11.3. The topological polar surface area (TPSA) is 84.2 Å². The van der Waals surface area contributed by atoms with Crippen LogP contribution in [0.4, 0.5) is 0 Å². The van der Waals surface area contributed by atoms with Crippen LogP contribution in [0, 0.1) is 0 Å². The maximum atomic E-state index is 11.3. The average molecular weight is 229 g/mol. The van der Waals surface area contributed by atoms with Crippen molar-refractivity contribution in [3.8, 4) is 0 Å². The monoisotopic (exact) mass is 229 g/mol. The van der Waals surface area contributed by atoms with Crippen LogP contribution in [-0.2, 0) is 9.59 Å². The fourth-order valence-corrected chi connectivity index (χ4v) is 1.38. The summed E-state index contributed by atoms with van der Waals surface area (Å²) in [6.07, 6.45) is 2.49. The molecule has 0 aliphatic rings. The minimum Gasteiger partial charge on any atom is -0.356 e. The van der Waals surface area contributed by atoms with Gasteiger partial charge < -0.3 is 16.4 Å². The van der Waals surface area contributed by atoms with Crippen molar-refractivity contribution < 1.29 is 9.59 Å². The van der Waals surface area contributed by atoms with Crippen LogP contribution in [0.5, 0.6) is 0 Å². The number of carbonyl (C=O) groups excluding carboxylic acids is 2. The number of hydrogen-bond acceptors (Lipinski definition) is 3. The third-order valence-electron chi connectivity index (χ3n) is 2.16. The maximum Gasteiger partial charge on any atom is 0.221 e. The molecule has 94 valence electrons. The molecule has 5 nitrogen and oxygen atoms in total. The molecule has 0 fully saturated rings. The molecule has 0 saturated heterocycles. The van der Waals surface area contributed by atoms with E-state index >= 15 is 0 Å². The standard InChI is InChI=1S/C11H23N3O2/c1-3-5-9(12)8-11(16)14-7-6-10(15)13-4-2/h9H,3-8,12H2,1-2H3,(H,13,15)(H,14,16). The predicted octanol–water partition coefficient (Wildman–Crippen LogP) is 0.146. The summed E-state index contributed by atoms with van der Waals surface area (Å²) < 4.78 is 0. The van der Waals surface area contributed by atoms with Gasteiger partial charge >= 0.3 is 0 Å². The number of carbonyl (C=O) groups is 2. The van der Waals surface area contributed by atoms with Gasteiger partial charge in [0, 0.05) is 32.0 Å². The lowest BCUT2D eigenvalue weighted by molar-refractivity contribution is -0.122. The first kappa shape index (κ1) is 14.9. The molecule has 0 saturated carbocycles. The Labute approximate surface area is 97.2 Å². The molecular formula is C11H23N3O2. The third-order valence-corrected chi connectivity index (χ3v) is 2.16. The summed E-state index contributed by atoms with van der Waals surface area (Å²) in [5, 5.41) is 5.35. The first-order valence-electron chi connectivity index (χ1n) is 5.89. The van der Waals surface area contributed by atoms with Gasteiger partial charge in [-0.25, -0.2) is 0 Å². The number of hydrogen-bond donors (Lipinski definition) is 3. The van der Waals surface area contributed by atoms with Gasteiger partial charge in [0.05, 0.1) is 0 Å². The fourth-order valence-electron chi connectivity index (χ4n) is 1.38. The highest BCUT2D eigenvalue weighted by molar-refractivity contribution is 5.79. The molecule has 16 heavy (non-hydrogen) atoms. The molecule has 1 atom stereocenters. The van der Waals surface area contributed by atoms with Crippen molar-refractivity contribution >= 4 is 11.8 Å². The Morgan fingerprint density at radius 3 is 2.44 bits per heavy atom. The Bertz CT molecular complexity index is 219. The average Bonchev–Trinajstić information content (AvgIpc) is 2.18. The highest BCUT2D eigenvalue weighted by atomic mass is 16.2. The molecule has 0 aromatic carbocycles. The molecule has 0 aliphatic carbocycles. The first-order valence-corrected chi connectivity index (χ1v) is 5.89. The molecule has 0 aliphatic heterocycles. The van der Waals surface area contributed by atoms with E-state index in [2.05, 4.69) is 10.6 Å². The van der Waals surface area contributed by atoms with Gasteiger partial charge in [0.25, 0.3) is 0 Å². The van der Waals surface area contributed by atoms with Gasteiger partial charge in [-0.05, 0) is 13.3 Å². The van der Waals surface area contributed by atoms with Crippen molar-refractivity contribution in [2.75, 3.05) is 13.1 Å². The summed E-state index contributed by atoms with van der Waals surface area (Å²) in [5.41, 5.74) is 5.72. The van der Waals surface area contributed by atoms with Crippen LogP contribution in [0.25, 0.3) is 0 Å². The van der Waals surface area contributed by atoms with E-state index in [9.17, 15) is 9.59 Å². The SMILES string of the molecule is CCCC(N)CC(=O)NCCC(=O)NCC. The third kappa shape index (κ3) is 8.23. The largest absolute Gasteiger partial charge is 0.356 e. The lowest BCUT2D eigenvalue weighted by atomic mass is 10.1. The molecule has 0 heterocycles. The molecule has 1 unspecified atom stereocenters. The zero-order valence-corrected chi connectivity index (χ0v) is 10.2. The molecule has 4 N–H and O–H groups in total. The van der Waals surface area contributed by atoms with Crippen molar-refractivity contribution in [2.45, 2.75) is 45.6 Å². The molecule has 5 heteroatoms. The first-order chi connectivity index (χ1) is 7.60. The van der Waals surface area contributed by atoms with E-state index in [1.165, 1.54) is 0 Å². The van der Waals surface area contributed by atoms with Gasteiger partial charge in [-0.15, -0.1) is 0 Å². The molecule has 2 amide bonds. The second kappa shape index (κ2) is 9.15. The number of nitrogens with two attached hydrogens (primary N) is 1. The quantitative estimate of drug-likeness (QED) is 0.554. The molecule has 0 radical (unpaired) electrons. The Kier molecular flexibility index (Phi) is 8.52. The van der Waals surface area contributed by atoms with E-state index in [4.69, 9.17) is 5.73 Å². The Hall–Kier alpha value is -1.10. The van der Waals surface area contributed by atoms with Crippen LogP contribution in [0.1, 0.15) is 39.5 Å². The van der Waals surface area contributed by atoms with Crippen molar-refractivity contribution in [1.29, 1.82) is 0 Å². The molecule has 0 spiro atoms. The van der Waals surface area contributed by atoms with Crippen LogP contribution < -0.4 is 16.4 Å². The minimum absolute atomic E-state index is 0.0411. The lowest BCUT2D eigenvalue weighted by Crippen LogP contribution is -2.34. The number of nitrogens with one attached hydrogen (secondary N) is 2. The second-order valence-electron chi connectivity index (χ2n) is 3.81. The second-order valence-corrected chi connectivity index (χ2v) is 3.81. The Morgan fingerprint density at radius 2 is 1.88 bits per heavy atom. The van der Waals surface area contributed by atoms with Gasteiger partial charge in [-0.1, -0.05) is 13.3 Å². The smallest absolute Gasteiger partial charge is 0.221 e. The predicted molar refractivity (Wildman–Crippen MR) is 63.8 cm³/mol. The van der Waals surface area contributed by atoms with E-state index < -0.39 is 0 Å². The molecule has 0 aromatic heterocycles. The fraction of sp³-hybridized carbons (Fsp3) is 0.818. The Morgan fingerprint density at radius 1 is 1.19 bits per heavy atom. The summed E-state index contributed by atoms with van der Waals surface area (Å²) in [7, 11) is 0. The van der Waals surface area contributed by atoms with E-state index in [-0.39, 0.29) is 17.9 Å². The van der Waals surface area contributed by atoms with Crippen molar-refractivity contribution in [1.82, 2.24) is 10.6 Å². The van der Waals surface area contributed by atoms with E-state index in [0.717, 1.165) is 12.8 Å². The van der Waals surface area contributed by atoms with Crippen LogP contribution in [0.2, 0.25) is 0 Å².